The number of rotatable bonds is 0. The topological polar surface area (TPSA) is 12.9 Å². The molecule has 0 unspecified atom stereocenters. The fourth-order valence-electron chi connectivity index (χ4n) is 2.41. The van der Waals surface area contributed by atoms with Gasteiger partial charge in [0, 0.05) is 26.3 Å². The molecule has 0 N–H and O–H groups in total. The summed E-state index contributed by atoms with van der Waals surface area (Å²) in [6.07, 6.45) is 1.85. The van der Waals surface area contributed by atoms with E-state index in [0.717, 1.165) is 10.9 Å². The SMILES string of the molecule is [Ir].[c-]1scc2c1c1ncccc1c1ccccc21. The Morgan fingerprint density at radius 2 is 1.61 bits per heavy atom. The third-order valence-corrected chi connectivity index (χ3v) is 3.83. The molecule has 4 rings (SSSR count). The fraction of sp³-hybridized carbons (Fsp3) is 0. The van der Waals surface area contributed by atoms with Crippen molar-refractivity contribution in [2.24, 2.45) is 0 Å². The van der Waals surface area contributed by atoms with Gasteiger partial charge in [0.05, 0.1) is 0 Å². The second-order valence-electron chi connectivity index (χ2n) is 4.07. The van der Waals surface area contributed by atoms with Crippen LogP contribution in [0.1, 0.15) is 0 Å². The summed E-state index contributed by atoms with van der Waals surface area (Å²) in [6, 6.07) is 12.6. The minimum Gasteiger partial charge on any atom is -0.304 e. The standard InChI is InChI=1S/C15H8NS.Ir/c1-2-5-11-10(4-1)12-6-3-7-16-15(12)14-9-17-8-13(11)14;/h1-8H;/q-1;. The predicted molar refractivity (Wildman–Crippen MR) is 73.5 cm³/mol. The molecule has 0 saturated heterocycles. The fourth-order valence-corrected chi connectivity index (χ4v) is 3.16. The number of pyridine rings is 1. The molecule has 0 aliphatic heterocycles. The molecule has 2 heterocycles. The van der Waals surface area contributed by atoms with Gasteiger partial charge in [0.2, 0.25) is 0 Å². The van der Waals surface area contributed by atoms with E-state index < -0.39 is 0 Å². The van der Waals surface area contributed by atoms with Crippen molar-refractivity contribution in [2.45, 2.75) is 0 Å². The van der Waals surface area contributed by atoms with Crippen LogP contribution in [0.2, 0.25) is 0 Å². The molecule has 0 bridgehead atoms. The third kappa shape index (κ3) is 1.52. The van der Waals surface area contributed by atoms with Crippen molar-refractivity contribution in [2.75, 3.05) is 0 Å². The van der Waals surface area contributed by atoms with Crippen molar-refractivity contribution in [1.82, 2.24) is 4.98 Å². The number of hydrogen-bond acceptors (Lipinski definition) is 2. The minimum absolute atomic E-state index is 0. The second kappa shape index (κ2) is 4.43. The monoisotopic (exact) mass is 427 g/mol. The predicted octanol–water partition coefficient (Wildman–Crippen LogP) is 4.40. The van der Waals surface area contributed by atoms with Gasteiger partial charge in [-0.2, -0.15) is 0 Å². The van der Waals surface area contributed by atoms with Gasteiger partial charge in [0.25, 0.3) is 0 Å². The van der Waals surface area contributed by atoms with Gasteiger partial charge in [-0.25, -0.2) is 0 Å². The van der Waals surface area contributed by atoms with E-state index >= 15 is 0 Å². The van der Waals surface area contributed by atoms with Gasteiger partial charge in [-0.1, -0.05) is 41.1 Å². The molecule has 4 aromatic rings. The number of benzene rings is 2. The van der Waals surface area contributed by atoms with E-state index in [2.05, 4.69) is 46.1 Å². The first-order valence-corrected chi connectivity index (χ1v) is 6.37. The first-order valence-electron chi connectivity index (χ1n) is 5.49. The molecule has 2 aromatic heterocycles. The van der Waals surface area contributed by atoms with Crippen LogP contribution < -0.4 is 0 Å². The molecule has 0 aliphatic carbocycles. The summed E-state index contributed by atoms with van der Waals surface area (Å²) in [5.74, 6) is 0. The minimum atomic E-state index is 0. The molecule has 89 valence electrons. The molecular weight excluding hydrogens is 418 g/mol. The molecule has 0 aliphatic rings. The Hall–Kier alpha value is -1.28. The summed E-state index contributed by atoms with van der Waals surface area (Å²) in [7, 11) is 0. The Kier molecular flexibility index (Phi) is 2.90. The van der Waals surface area contributed by atoms with Gasteiger partial charge < -0.3 is 4.98 Å². The van der Waals surface area contributed by atoms with Crippen LogP contribution in [0, 0.1) is 5.38 Å². The maximum atomic E-state index is 4.51. The molecule has 0 fully saturated rings. The van der Waals surface area contributed by atoms with Crippen molar-refractivity contribution in [3.8, 4) is 0 Å². The molecule has 1 nitrogen and oxygen atoms in total. The molecule has 0 amide bonds. The van der Waals surface area contributed by atoms with Crippen molar-refractivity contribution in [1.29, 1.82) is 0 Å². The van der Waals surface area contributed by atoms with E-state index in [-0.39, 0.29) is 20.1 Å². The first-order chi connectivity index (χ1) is 8.45. The molecule has 1 radical (unpaired) electrons. The summed E-state index contributed by atoms with van der Waals surface area (Å²) < 4.78 is 0. The number of fused-ring (bicyclic) bond motifs is 6. The van der Waals surface area contributed by atoms with Gasteiger partial charge in [-0.3, -0.25) is 11.3 Å². The Labute approximate surface area is 122 Å². The van der Waals surface area contributed by atoms with Gasteiger partial charge in [0.1, 0.15) is 0 Å². The number of nitrogens with zero attached hydrogens (tertiary/aromatic N) is 1. The number of hydrogen-bond donors (Lipinski definition) is 0. The Bertz CT molecular complexity index is 781. The maximum Gasteiger partial charge on any atom is 0.0161 e. The maximum absolute atomic E-state index is 4.51. The average Bonchev–Trinajstić information content (AvgIpc) is 2.89. The van der Waals surface area contributed by atoms with Gasteiger partial charge in [-0.15, -0.1) is 16.2 Å². The smallest absolute Gasteiger partial charge is 0.0161 e. The summed E-state index contributed by atoms with van der Waals surface area (Å²) >= 11 is 1.62. The summed E-state index contributed by atoms with van der Waals surface area (Å²) in [4.78, 5) is 4.51. The molecule has 0 atom stereocenters. The summed E-state index contributed by atoms with van der Waals surface area (Å²) in [5.41, 5.74) is 1.06. The van der Waals surface area contributed by atoms with Crippen LogP contribution in [0.3, 0.4) is 0 Å². The molecule has 3 heteroatoms. The zero-order chi connectivity index (χ0) is 11.2. The van der Waals surface area contributed by atoms with Crippen molar-refractivity contribution >= 4 is 43.8 Å². The van der Waals surface area contributed by atoms with E-state index in [4.69, 9.17) is 0 Å². The molecule has 0 spiro atoms. The van der Waals surface area contributed by atoms with E-state index in [0.29, 0.717) is 0 Å². The van der Waals surface area contributed by atoms with Crippen LogP contribution in [0.4, 0.5) is 0 Å². The zero-order valence-corrected chi connectivity index (χ0v) is 12.5. The van der Waals surface area contributed by atoms with Crippen LogP contribution >= 0.6 is 11.3 Å². The van der Waals surface area contributed by atoms with Crippen LogP contribution in [0.5, 0.6) is 0 Å². The van der Waals surface area contributed by atoms with Gasteiger partial charge in [0.15, 0.2) is 0 Å². The average molecular weight is 427 g/mol. The Morgan fingerprint density at radius 3 is 2.44 bits per heavy atom. The van der Waals surface area contributed by atoms with Gasteiger partial charge in [-0.05, 0) is 22.4 Å². The van der Waals surface area contributed by atoms with Gasteiger partial charge >= 0.3 is 0 Å². The third-order valence-electron chi connectivity index (χ3n) is 3.16. The van der Waals surface area contributed by atoms with E-state index in [1.54, 1.807) is 11.3 Å². The molecular formula is C15H8IrNS-. The summed E-state index contributed by atoms with van der Waals surface area (Å²) in [5, 5.41) is 11.7. The van der Waals surface area contributed by atoms with Crippen LogP contribution in [-0.4, -0.2) is 4.98 Å². The van der Waals surface area contributed by atoms with E-state index in [1.807, 2.05) is 12.3 Å². The van der Waals surface area contributed by atoms with Crippen LogP contribution in [0.15, 0.2) is 48.0 Å². The number of thiophene rings is 1. The van der Waals surface area contributed by atoms with Crippen LogP contribution in [-0.2, 0) is 20.1 Å². The molecule has 2 aromatic carbocycles. The van der Waals surface area contributed by atoms with Crippen molar-refractivity contribution < 1.29 is 20.1 Å². The van der Waals surface area contributed by atoms with Crippen molar-refractivity contribution in [3.63, 3.8) is 0 Å². The van der Waals surface area contributed by atoms with Crippen LogP contribution in [0.25, 0.3) is 32.4 Å². The Balaban J connectivity index is 0.000001000. The second-order valence-corrected chi connectivity index (χ2v) is 4.75. The number of aromatic nitrogens is 1. The van der Waals surface area contributed by atoms with E-state index in [9.17, 15) is 0 Å². The molecule has 18 heavy (non-hydrogen) atoms. The van der Waals surface area contributed by atoms with Crippen molar-refractivity contribution in [3.05, 3.63) is 53.4 Å². The molecule has 0 saturated carbocycles. The summed E-state index contributed by atoms with van der Waals surface area (Å²) in [6.45, 7) is 0. The normalized spacial score (nSPS) is 10.9. The quantitative estimate of drug-likeness (QED) is 0.300. The largest absolute Gasteiger partial charge is 0.304 e. The van der Waals surface area contributed by atoms with E-state index in [1.165, 1.54) is 21.5 Å². The zero-order valence-electron chi connectivity index (χ0n) is 9.31. The Morgan fingerprint density at radius 1 is 0.889 bits per heavy atom. The first kappa shape index (κ1) is 11.8.